The third-order valence-corrected chi connectivity index (χ3v) is 5.21. The Morgan fingerprint density at radius 3 is 2.67 bits per heavy atom. The molecule has 2 rings (SSSR count). The molecule has 6 nitrogen and oxygen atoms in total. The average molecular weight is 310 g/mol. The first-order chi connectivity index (χ1) is 9.94. The van der Waals surface area contributed by atoms with E-state index in [2.05, 4.69) is 5.32 Å². The van der Waals surface area contributed by atoms with Crippen molar-refractivity contribution in [1.29, 1.82) is 0 Å². The summed E-state index contributed by atoms with van der Waals surface area (Å²) in [5, 5.41) is 2.55. The van der Waals surface area contributed by atoms with E-state index in [4.69, 9.17) is 0 Å². The van der Waals surface area contributed by atoms with E-state index in [9.17, 15) is 18.0 Å². The fourth-order valence-corrected chi connectivity index (χ4v) is 3.07. The standard InChI is InChI=1S/C14H18N2O4S/c1-2-21(19,20)9-5-8-16-12-7-4-3-6-11(12)14(18)15-10-13(16)17/h3-4,6-7H,2,5,8-10H2,1H3,(H,15,18). The van der Waals surface area contributed by atoms with Crippen LogP contribution in [-0.2, 0) is 14.6 Å². The Kier molecular flexibility index (Phi) is 4.62. The zero-order valence-corrected chi connectivity index (χ0v) is 12.6. The fourth-order valence-electron chi connectivity index (χ4n) is 2.21. The summed E-state index contributed by atoms with van der Waals surface area (Å²) >= 11 is 0. The van der Waals surface area contributed by atoms with E-state index in [0.29, 0.717) is 17.7 Å². The van der Waals surface area contributed by atoms with Gasteiger partial charge in [0, 0.05) is 12.3 Å². The Morgan fingerprint density at radius 1 is 1.24 bits per heavy atom. The minimum absolute atomic E-state index is 0.0385. The molecule has 0 unspecified atom stereocenters. The van der Waals surface area contributed by atoms with Crippen molar-refractivity contribution in [3.8, 4) is 0 Å². The summed E-state index contributed by atoms with van der Waals surface area (Å²) in [5.41, 5.74) is 0.966. The predicted molar refractivity (Wildman–Crippen MR) is 80.1 cm³/mol. The minimum atomic E-state index is -3.06. The van der Waals surface area contributed by atoms with E-state index in [1.54, 1.807) is 31.2 Å². The van der Waals surface area contributed by atoms with Crippen LogP contribution in [0.1, 0.15) is 23.7 Å². The third kappa shape index (κ3) is 3.60. The van der Waals surface area contributed by atoms with Gasteiger partial charge in [-0.15, -0.1) is 0 Å². The normalized spacial score (nSPS) is 15.4. The fraction of sp³-hybridized carbons (Fsp3) is 0.429. The van der Waals surface area contributed by atoms with E-state index < -0.39 is 9.84 Å². The molecular formula is C14H18N2O4S. The van der Waals surface area contributed by atoms with Crippen molar-refractivity contribution in [2.24, 2.45) is 0 Å². The highest BCUT2D eigenvalue weighted by Crippen LogP contribution is 2.22. The molecule has 0 fully saturated rings. The van der Waals surface area contributed by atoms with Crippen LogP contribution in [0.25, 0.3) is 0 Å². The highest BCUT2D eigenvalue weighted by atomic mass is 32.2. The Labute approximate surface area is 124 Å². The zero-order valence-electron chi connectivity index (χ0n) is 11.8. The summed E-state index contributed by atoms with van der Waals surface area (Å²) in [6.07, 6.45) is 0.352. The first kappa shape index (κ1) is 15.5. The van der Waals surface area contributed by atoms with Gasteiger partial charge >= 0.3 is 0 Å². The van der Waals surface area contributed by atoms with Crippen LogP contribution in [0, 0.1) is 0 Å². The van der Waals surface area contributed by atoms with E-state index in [1.807, 2.05) is 0 Å². The molecule has 0 spiro atoms. The summed E-state index contributed by atoms with van der Waals surface area (Å²) in [4.78, 5) is 25.5. The lowest BCUT2D eigenvalue weighted by Gasteiger charge is -2.21. The highest BCUT2D eigenvalue weighted by Gasteiger charge is 2.25. The van der Waals surface area contributed by atoms with Gasteiger partial charge < -0.3 is 10.2 Å². The van der Waals surface area contributed by atoms with Gasteiger partial charge in [0.25, 0.3) is 5.91 Å². The Bertz CT molecular complexity index is 655. The number of para-hydroxylation sites is 1. The Hall–Kier alpha value is -1.89. The van der Waals surface area contributed by atoms with Gasteiger partial charge in [-0.05, 0) is 18.6 Å². The number of carbonyl (C=O) groups is 2. The van der Waals surface area contributed by atoms with Crippen molar-refractivity contribution in [3.63, 3.8) is 0 Å². The van der Waals surface area contributed by atoms with Crippen molar-refractivity contribution in [1.82, 2.24) is 5.32 Å². The number of nitrogens with one attached hydrogen (secondary N) is 1. The van der Waals surface area contributed by atoms with Gasteiger partial charge in [-0.3, -0.25) is 9.59 Å². The largest absolute Gasteiger partial charge is 0.343 e. The van der Waals surface area contributed by atoms with Crippen molar-refractivity contribution in [2.45, 2.75) is 13.3 Å². The number of nitrogens with zero attached hydrogens (tertiary/aromatic N) is 1. The molecule has 0 aliphatic carbocycles. The van der Waals surface area contributed by atoms with Crippen LogP contribution in [0.15, 0.2) is 24.3 Å². The Morgan fingerprint density at radius 2 is 1.95 bits per heavy atom. The van der Waals surface area contributed by atoms with Gasteiger partial charge in [-0.1, -0.05) is 19.1 Å². The number of hydrogen-bond donors (Lipinski definition) is 1. The molecule has 1 heterocycles. The number of hydrogen-bond acceptors (Lipinski definition) is 4. The summed E-state index contributed by atoms with van der Waals surface area (Å²) < 4.78 is 23.0. The molecule has 0 aromatic heterocycles. The summed E-state index contributed by atoms with van der Waals surface area (Å²) in [5.74, 6) is -0.390. The molecule has 21 heavy (non-hydrogen) atoms. The molecule has 1 aliphatic heterocycles. The molecule has 1 aromatic rings. The van der Waals surface area contributed by atoms with Crippen molar-refractivity contribution in [3.05, 3.63) is 29.8 Å². The molecule has 114 valence electrons. The van der Waals surface area contributed by atoms with Gasteiger partial charge in [0.15, 0.2) is 0 Å². The summed E-state index contributed by atoms with van der Waals surface area (Å²) in [6.45, 7) is 1.81. The molecule has 0 saturated heterocycles. The lowest BCUT2D eigenvalue weighted by molar-refractivity contribution is -0.117. The lowest BCUT2D eigenvalue weighted by Crippen LogP contribution is -2.37. The van der Waals surface area contributed by atoms with Crippen LogP contribution >= 0.6 is 0 Å². The van der Waals surface area contributed by atoms with Crippen LogP contribution in [0.2, 0.25) is 0 Å². The molecule has 0 atom stereocenters. The monoisotopic (exact) mass is 310 g/mol. The van der Waals surface area contributed by atoms with E-state index in [1.165, 1.54) is 4.90 Å². The van der Waals surface area contributed by atoms with Crippen LogP contribution in [0.5, 0.6) is 0 Å². The molecule has 1 N–H and O–H groups in total. The average Bonchev–Trinajstić information content (AvgIpc) is 2.59. The number of amides is 2. The Balaban J connectivity index is 2.19. The number of sulfone groups is 1. The third-order valence-electron chi connectivity index (χ3n) is 3.42. The first-order valence-electron chi connectivity index (χ1n) is 6.82. The molecule has 1 aliphatic rings. The SMILES string of the molecule is CCS(=O)(=O)CCCN1C(=O)CNC(=O)c2ccccc21. The van der Waals surface area contributed by atoms with Crippen LogP contribution in [0.4, 0.5) is 5.69 Å². The van der Waals surface area contributed by atoms with Gasteiger partial charge in [-0.2, -0.15) is 0 Å². The van der Waals surface area contributed by atoms with Gasteiger partial charge in [0.2, 0.25) is 5.91 Å². The van der Waals surface area contributed by atoms with Gasteiger partial charge in [-0.25, -0.2) is 8.42 Å². The van der Waals surface area contributed by atoms with Crippen LogP contribution in [-0.4, -0.2) is 44.8 Å². The summed E-state index contributed by atoms with van der Waals surface area (Å²) in [6, 6.07) is 6.83. The van der Waals surface area contributed by atoms with Crippen molar-refractivity contribution < 1.29 is 18.0 Å². The van der Waals surface area contributed by atoms with E-state index in [-0.39, 0.29) is 36.4 Å². The highest BCUT2D eigenvalue weighted by molar-refractivity contribution is 7.91. The molecule has 1 aromatic carbocycles. The minimum Gasteiger partial charge on any atom is -0.343 e. The zero-order chi connectivity index (χ0) is 15.5. The predicted octanol–water partition coefficient (Wildman–Crippen LogP) is 0.588. The maximum absolute atomic E-state index is 12.1. The maximum atomic E-state index is 12.1. The molecule has 7 heteroatoms. The molecule has 0 radical (unpaired) electrons. The van der Waals surface area contributed by atoms with Gasteiger partial charge in [0.05, 0.1) is 23.5 Å². The second-order valence-electron chi connectivity index (χ2n) is 4.84. The van der Waals surface area contributed by atoms with Crippen molar-refractivity contribution >= 4 is 27.3 Å². The van der Waals surface area contributed by atoms with E-state index in [0.717, 1.165) is 0 Å². The quantitative estimate of drug-likeness (QED) is 0.862. The number of rotatable bonds is 5. The smallest absolute Gasteiger partial charge is 0.253 e. The first-order valence-corrected chi connectivity index (χ1v) is 8.65. The maximum Gasteiger partial charge on any atom is 0.253 e. The molecule has 2 amide bonds. The number of carbonyl (C=O) groups excluding carboxylic acids is 2. The second-order valence-corrected chi connectivity index (χ2v) is 7.31. The molecular weight excluding hydrogens is 292 g/mol. The molecule has 0 saturated carbocycles. The number of fused-ring (bicyclic) bond motifs is 1. The second kappa shape index (κ2) is 6.26. The lowest BCUT2D eigenvalue weighted by atomic mass is 10.1. The topological polar surface area (TPSA) is 83.6 Å². The number of anilines is 1. The van der Waals surface area contributed by atoms with Crippen LogP contribution in [0.3, 0.4) is 0 Å². The number of benzene rings is 1. The van der Waals surface area contributed by atoms with Gasteiger partial charge in [0.1, 0.15) is 9.84 Å². The molecule has 0 bridgehead atoms. The van der Waals surface area contributed by atoms with Crippen molar-refractivity contribution in [2.75, 3.05) is 29.5 Å². The van der Waals surface area contributed by atoms with E-state index >= 15 is 0 Å². The summed E-state index contributed by atoms with van der Waals surface area (Å²) in [7, 11) is -3.06. The van der Waals surface area contributed by atoms with Crippen LogP contribution < -0.4 is 10.2 Å².